The van der Waals surface area contributed by atoms with Crippen LogP contribution < -0.4 is 0 Å². The molecule has 0 bridgehead atoms. The zero-order valence-electron chi connectivity index (χ0n) is 7.84. The van der Waals surface area contributed by atoms with E-state index in [2.05, 4.69) is 4.98 Å². The summed E-state index contributed by atoms with van der Waals surface area (Å²) in [5, 5.41) is 0. The Bertz CT molecular complexity index is 497. The van der Waals surface area contributed by atoms with E-state index < -0.39 is 0 Å². The first-order valence-electron chi connectivity index (χ1n) is 4.36. The van der Waals surface area contributed by atoms with Crippen molar-refractivity contribution in [2.45, 2.75) is 0 Å². The molecule has 3 nitrogen and oxygen atoms in total. The van der Waals surface area contributed by atoms with Crippen molar-refractivity contribution >= 4 is 23.4 Å². The number of aromatic nitrogens is 2. The minimum absolute atomic E-state index is 0.749. The largest absolute Gasteiger partial charge is 0.328 e. The number of nitrogens with zero attached hydrogens (tertiary/aromatic N) is 2. The molecule has 14 heavy (non-hydrogen) atoms. The van der Waals surface area contributed by atoms with Crippen LogP contribution in [0.5, 0.6) is 0 Å². The van der Waals surface area contributed by atoms with E-state index in [1.54, 1.807) is 6.08 Å². The van der Waals surface area contributed by atoms with Gasteiger partial charge in [-0.1, -0.05) is 12.1 Å². The van der Waals surface area contributed by atoms with Crippen molar-refractivity contribution in [3.63, 3.8) is 0 Å². The lowest BCUT2D eigenvalue weighted by Gasteiger charge is -1.94. The zero-order chi connectivity index (χ0) is 9.97. The number of carbonyl (C=O) groups excluding carboxylic acids is 1. The molecule has 0 saturated carbocycles. The van der Waals surface area contributed by atoms with E-state index in [1.165, 1.54) is 6.08 Å². The fourth-order valence-corrected chi connectivity index (χ4v) is 1.44. The average molecular weight is 186 g/mol. The maximum absolute atomic E-state index is 10.2. The van der Waals surface area contributed by atoms with E-state index in [-0.39, 0.29) is 0 Å². The predicted molar refractivity (Wildman–Crippen MR) is 55.8 cm³/mol. The van der Waals surface area contributed by atoms with Crippen LogP contribution in [0, 0.1) is 0 Å². The minimum atomic E-state index is 0.749. The molecule has 0 fully saturated rings. The number of carbonyl (C=O) groups is 1. The number of hydrogen-bond acceptors (Lipinski definition) is 2. The van der Waals surface area contributed by atoms with Crippen LogP contribution in [0.15, 0.2) is 30.3 Å². The topological polar surface area (TPSA) is 34.9 Å². The number of hydrogen-bond donors (Lipinski definition) is 0. The van der Waals surface area contributed by atoms with Crippen LogP contribution in [-0.2, 0) is 11.8 Å². The third kappa shape index (κ3) is 1.33. The second-order valence-electron chi connectivity index (χ2n) is 3.01. The van der Waals surface area contributed by atoms with Gasteiger partial charge < -0.3 is 4.57 Å². The molecule has 0 unspecified atom stereocenters. The standard InChI is InChI=1S/C11H10N2O/c1-13-10-6-3-2-5-9(10)12-11(13)7-4-8-14/h2-8H,1H3/b7-4+. The van der Waals surface area contributed by atoms with Gasteiger partial charge in [0.2, 0.25) is 0 Å². The van der Waals surface area contributed by atoms with Gasteiger partial charge in [-0.05, 0) is 24.3 Å². The van der Waals surface area contributed by atoms with Crippen LogP contribution in [-0.4, -0.2) is 15.8 Å². The summed E-state index contributed by atoms with van der Waals surface area (Å²) < 4.78 is 1.95. The normalized spacial score (nSPS) is 11.2. The summed E-state index contributed by atoms with van der Waals surface area (Å²) in [6.07, 6.45) is 3.90. The molecule has 0 saturated heterocycles. The summed E-state index contributed by atoms with van der Waals surface area (Å²) in [5.74, 6) is 0.790. The number of para-hydroxylation sites is 2. The Morgan fingerprint density at radius 3 is 2.86 bits per heavy atom. The van der Waals surface area contributed by atoms with Crippen molar-refractivity contribution < 1.29 is 4.79 Å². The number of benzene rings is 1. The molecule has 1 aromatic heterocycles. The predicted octanol–water partition coefficient (Wildman–Crippen LogP) is 1.79. The van der Waals surface area contributed by atoms with Crippen LogP contribution in [0.4, 0.5) is 0 Å². The maximum atomic E-state index is 10.2. The van der Waals surface area contributed by atoms with Crippen molar-refractivity contribution in [1.29, 1.82) is 0 Å². The highest BCUT2D eigenvalue weighted by Crippen LogP contribution is 2.14. The first-order valence-corrected chi connectivity index (χ1v) is 4.36. The molecule has 0 amide bonds. The van der Waals surface area contributed by atoms with Crippen LogP contribution >= 0.6 is 0 Å². The third-order valence-electron chi connectivity index (χ3n) is 2.15. The second kappa shape index (κ2) is 3.46. The molecule has 2 aromatic rings. The summed E-state index contributed by atoms with van der Waals surface area (Å²) in [7, 11) is 1.93. The van der Waals surface area contributed by atoms with Gasteiger partial charge in [-0.15, -0.1) is 0 Å². The fourth-order valence-electron chi connectivity index (χ4n) is 1.44. The van der Waals surface area contributed by atoms with Crippen LogP contribution in [0.2, 0.25) is 0 Å². The molecule has 0 atom stereocenters. The first-order chi connectivity index (χ1) is 6.83. The first kappa shape index (κ1) is 8.69. The molecular formula is C11H10N2O. The lowest BCUT2D eigenvalue weighted by atomic mass is 10.3. The molecule has 0 aliphatic carbocycles. The van der Waals surface area contributed by atoms with Gasteiger partial charge in [0.15, 0.2) is 0 Å². The smallest absolute Gasteiger partial charge is 0.142 e. The molecular weight excluding hydrogens is 176 g/mol. The van der Waals surface area contributed by atoms with E-state index in [0.29, 0.717) is 0 Å². The highest BCUT2D eigenvalue weighted by molar-refractivity contribution is 5.79. The highest BCUT2D eigenvalue weighted by Gasteiger charge is 2.02. The highest BCUT2D eigenvalue weighted by atomic mass is 16.1. The minimum Gasteiger partial charge on any atom is -0.328 e. The fraction of sp³-hybridized carbons (Fsp3) is 0.0909. The van der Waals surface area contributed by atoms with Gasteiger partial charge in [0.25, 0.3) is 0 Å². The van der Waals surface area contributed by atoms with E-state index in [1.807, 2.05) is 35.9 Å². The van der Waals surface area contributed by atoms with E-state index in [9.17, 15) is 4.79 Å². The summed E-state index contributed by atoms with van der Waals surface area (Å²) in [6.45, 7) is 0. The molecule has 0 spiro atoms. The SMILES string of the molecule is Cn1c(/C=C/C=O)nc2ccccc21. The molecule has 1 heterocycles. The zero-order valence-corrected chi connectivity index (χ0v) is 7.84. The Balaban J connectivity index is 2.62. The summed E-state index contributed by atoms with van der Waals surface area (Å²) >= 11 is 0. The van der Waals surface area contributed by atoms with Gasteiger partial charge in [-0.25, -0.2) is 4.98 Å². The van der Waals surface area contributed by atoms with Crippen molar-refractivity contribution in [1.82, 2.24) is 9.55 Å². The van der Waals surface area contributed by atoms with Crippen molar-refractivity contribution in [2.24, 2.45) is 7.05 Å². The monoisotopic (exact) mass is 186 g/mol. The lowest BCUT2D eigenvalue weighted by molar-refractivity contribution is -0.104. The third-order valence-corrected chi connectivity index (χ3v) is 2.15. The second-order valence-corrected chi connectivity index (χ2v) is 3.01. The molecule has 0 aliphatic heterocycles. The van der Waals surface area contributed by atoms with Crippen LogP contribution in [0.1, 0.15) is 5.82 Å². The Hall–Kier alpha value is -1.90. The summed E-state index contributed by atoms with van der Waals surface area (Å²) in [4.78, 5) is 14.5. The van der Waals surface area contributed by atoms with E-state index in [0.717, 1.165) is 23.1 Å². The lowest BCUT2D eigenvalue weighted by Crippen LogP contribution is -1.90. The van der Waals surface area contributed by atoms with Gasteiger partial charge in [-0.2, -0.15) is 0 Å². The van der Waals surface area contributed by atoms with Gasteiger partial charge in [0.05, 0.1) is 11.0 Å². The van der Waals surface area contributed by atoms with E-state index in [4.69, 9.17) is 0 Å². The van der Waals surface area contributed by atoms with Crippen molar-refractivity contribution in [3.8, 4) is 0 Å². The van der Waals surface area contributed by atoms with Gasteiger partial charge >= 0.3 is 0 Å². The number of aldehydes is 1. The molecule has 0 N–H and O–H groups in total. The summed E-state index contributed by atoms with van der Waals surface area (Å²) in [5.41, 5.74) is 2.01. The van der Waals surface area contributed by atoms with Gasteiger partial charge in [0.1, 0.15) is 12.1 Å². The summed E-state index contributed by atoms with van der Waals surface area (Å²) in [6, 6.07) is 7.87. The molecule has 0 aliphatic rings. The van der Waals surface area contributed by atoms with Gasteiger partial charge in [0, 0.05) is 7.05 Å². The van der Waals surface area contributed by atoms with Crippen molar-refractivity contribution in [3.05, 3.63) is 36.2 Å². The average Bonchev–Trinajstić information content (AvgIpc) is 2.54. The molecule has 70 valence electrons. The molecule has 1 aromatic carbocycles. The maximum Gasteiger partial charge on any atom is 0.142 e. The number of rotatable bonds is 2. The Morgan fingerprint density at radius 1 is 1.36 bits per heavy atom. The molecule has 3 heteroatoms. The van der Waals surface area contributed by atoms with Crippen LogP contribution in [0.3, 0.4) is 0 Å². The quantitative estimate of drug-likeness (QED) is 0.529. The number of allylic oxidation sites excluding steroid dienone is 1. The number of fused-ring (bicyclic) bond motifs is 1. The number of imidazole rings is 1. The van der Waals surface area contributed by atoms with Crippen molar-refractivity contribution in [2.75, 3.05) is 0 Å². The molecule has 2 rings (SSSR count). The van der Waals surface area contributed by atoms with Crippen LogP contribution in [0.25, 0.3) is 17.1 Å². The Kier molecular flexibility index (Phi) is 2.14. The molecule has 0 radical (unpaired) electrons. The van der Waals surface area contributed by atoms with E-state index >= 15 is 0 Å². The Labute approximate surface area is 81.7 Å². The van der Waals surface area contributed by atoms with Gasteiger partial charge in [-0.3, -0.25) is 4.79 Å². The Morgan fingerprint density at radius 2 is 2.14 bits per heavy atom. The number of aryl methyl sites for hydroxylation is 1.